The number of nitrogens with one attached hydrogen (secondary N) is 1. The maximum absolute atomic E-state index is 12.1. The summed E-state index contributed by atoms with van der Waals surface area (Å²) in [6.07, 6.45) is 5.72. The van der Waals surface area contributed by atoms with Gasteiger partial charge < -0.3 is 15.0 Å². The first-order valence-corrected chi connectivity index (χ1v) is 8.61. The van der Waals surface area contributed by atoms with Crippen LogP contribution in [0.5, 0.6) is 0 Å². The molecule has 4 heteroatoms. The van der Waals surface area contributed by atoms with Gasteiger partial charge in [-0.1, -0.05) is 18.6 Å². The van der Waals surface area contributed by atoms with E-state index in [-0.39, 0.29) is 6.09 Å². The molecule has 0 aromatic carbocycles. The molecule has 1 saturated heterocycles. The van der Waals surface area contributed by atoms with Crippen molar-refractivity contribution in [3.63, 3.8) is 0 Å². The van der Waals surface area contributed by atoms with Crippen molar-refractivity contribution < 1.29 is 9.53 Å². The van der Waals surface area contributed by atoms with Gasteiger partial charge in [-0.25, -0.2) is 4.79 Å². The average molecular weight is 308 g/mol. The van der Waals surface area contributed by atoms with Gasteiger partial charge in [0.2, 0.25) is 0 Å². The summed E-state index contributed by atoms with van der Waals surface area (Å²) >= 11 is 0. The summed E-state index contributed by atoms with van der Waals surface area (Å²) in [5.41, 5.74) is 1.11. The van der Waals surface area contributed by atoms with Gasteiger partial charge >= 0.3 is 6.09 Å². The van der Waals surface area contributed by atoms with Crippen molar-refractivity contribution in [2.24, 2.45) is 11.8 Å². The SMILES string of the molecule is CC1=CC(C)CC(CNC2CCN(C(=O)OC(C)(C)C)C2)C1. The van der Waals surface area contributed by atoms with Crippen molar-refractivity contribution in [2.45, 2.75) is 65.5 Å². The third kappa shape index (κ3) is 5.31. The van der Waals surface area contributed by atoms with Crippen molar-refractivity contribution in [3.8, 4) is 0 Å². The van der Waals surface area contributed by atoms with Crippen LogP contribution >= 0.6 is 0 Å². The predicted molar refractivity (Wildman–Crippen MR) is 89.9 cm³/mol. The van der Waals surface area contributed by atoms with E-state index in [1.807, 2.05) is 25.7 Å². The Kier molecular flexibility index (Phi) is 5.54. The minimum absolute atomic E-state index is 0.179. The summed E-state index contributed by atoms with van der Waals surface area (Å²) in [4.78, 5) is 13.9. The van der Waals surface area contributed by atoms with E-state index in [9.17, 15) is 4.79 Å². The van der Waals surface area contributed by atoms with Crippen molar-refractivity contribution >= 4 is 6.09 Å². The summed E-state index contributed by atoms with van der Waals surface area (Å²) in [6.45, 7) is 12.9. The Hall–Kier alpha value is -1.03. The van der Waals surface area contributed by atoms with Gasteiger partial charge in [0, 0.05) is 19.1 Å². The van der Waals surface area contributed by atoms with E-state index in [1.165, 1.54) is 18.4 Å². The average Bonchev–Trinajstić information content (AvgIpc) is 2.82. The van der Waals surface area contributed by atoms with Gasteiger partial charge in [-0.05, 0) is 65.3 Å². The summed E-state index contributed by atoms with van der Waals surface area (Å²) in [5.74, 6) is 1.43. The van der Waals surface area contributed by atoms with Crippen LogP contribution in [0.4, 0.5) is 4.79 Å². The van der Waals surface area contributed by atoms with Crippen LogP contribution in [-0.4, -0.2) is 42.3 Å². The smallest absolute Gasteiger partial charge is 0.410 e. The number of nitrogens with zero attached hydrogens (tertiary/aromatic N) is 1. The van der Waals surface area contributed by atoms with Gasteiger partial charge in [0.05, 0.1) is 0 Å². The monoisotopic (exact) mass is 308 g/mol. The van der Waals surface area contributed by atoms with E-state index in [0.29, 0.717) is 12.0 Å². The zero-order valence-electron chi connectivity index (χ0n) is 14.8. The van der Waals surface area contributed by atoms with Crippen molar-refractivity contribution in [1.82, 2.24) is 10.2 Å². The van der Waals surface area contributed by atoms with Crippen LogP contribution in [0.25, 0.3) is 0 Å². The first kappa shape index (κ1) is 17.3. The Balaban J connectivity index is 1.73. The molecule has 0 aromatic rings. The highest BCUT2D eigenvalue weighted by Gasteiger charge is 2.30. The number of allylic oxidation sites excluding steroid dienone is 2. The van der Waals surface area contributed by atoms with E-state index in [1.54, 1.807) is 0 Å². The number of hydrogen-bond acceptors (Lipinski definition) is 3. The second-order valence-corrected chi connectivity index (χ2v) is 8.12. The number of ether oxygens (including phenoxy) is 1. The zero-order valence-corrected chi connectivity index (χ0v) is 14.8. The summed E-state index contributed by atoms with van der Waals surface area (Å²) in [5, 5.41) is 3.66. The molecule has 0 saturated carbocycles. The number of carbonyl (C=O) groups is 1. The highest BCUT2D eigenvalue weighted by atomic mass is 16.6. The molecule has 3 unspecified atom stereocenters. The first-order chi connectivity index (χ1) is 10.2. The summed E-state index contributed by atoms with van der Waals surface area (Å²) in [7, 11) is 0. The molecule has 1 amide bonds. The number of carbonyl (C=O) groups excluding carboxylic acids is 1. The largest absolute Gasteiger partial charge is 0.444 e. The third-order valence-corrected chi connectivity index (χ3v) is 4.42. The molecule has 0 radical (unpaired) electrons. The molecule has 1 aliphatic heterocycles. The Labute approximate surface area is 135 Å². The van der Waals surface area contributed by atoms with Gasteiger partial charge in [0.25, 0.3) is 0 Å². The molecule has 0 aromatic heterocycles. The molecule has 4 nitrogen and oxygen atoms in total. The van der Waals surface area contributed by atoms with Gasteiger partial charge in [0.15, 0.2) is 0 Å². The van der Waals surface area contributed by atoms with Crippen molar-refractivity contribution in [1.29, 1.82) is 0 Å². The maximum Gasteiger partial charge on any atom is 0.410 e. The second kappa shape index (κ2) is 7.03. The number of likely N-dealkylation sites (tertiary alicyclic amines) is 1. The summed E-state index contributed by atoms with van der Waals surface area (Å²) in [6, 6.07) is 0.411. The van der Waals surface area contributed by atoms with Crippen LogP contribution in [0.2, 0.25) is 0 Å². The second-order valence-electron chi connectivity index (χ2n) is 8.12. The molecule has 0 bridgehead atoms. The van der Waals surface area contributed by atoms with E-state index in [2.05, 4.69) is 25.2 Å². The topological polar surface area (TPSA) is 41.6 Å². The maximum atomic E-state index is 12.1. The van der Waals surface area contributed by atoms with E-state index >= 15 is 0 Å². The Bertz CT molecular complexity index is 425. The lowest BCUT2D eigenvalue weighted by Gasteiger charge is -2.27. The lowest BCUT2D eigenvalue weighted by Crippen LogP contribution is -2.39. The van der Waals surface area contributed by atoms with Crippen LogP contribution in [0.15, 0.2) is 11.6 Å². The molecule has 2 rings (SSSR count). The Morgan fingerprint density at radius 3 is 2.82 bits per heavy atom. The highest BCUT2D eigenvalue weighted by molar-refractivity contribution is 5.68. The van der Waals surface area contributed by atoms with E-state index < -0.39 is 5.60 Å². The molecule has 126 valence electrons. The molecular weight excluding hydrogens is 276 g/mol. The van der Waals surface area contributed by atoms with E-state index in [4.69, 9.17) is 4.74 Å². The summed E-state index contributed by atoms with van der Waals surface area (Å²) < 4.78 is 5.44. The van der Waals surface area contributed by atoms with Gasteiger partial charge in [-0.3, -0.25) is 0 Å². The molecule has 2 aliphatic rings. The third-order valence-electron chi connectivity index (χ3n) is 4.42. The first-order valence-electron chi connectivity index (χ1n) is 8.61. The quantitative estimate of drug-likeness (QED) is 0.810. The van der Waals surface area contributed by atoms with Crippen LogP contribution < -0.4 is 5.32 Å². The minimum Gasteiger partial charge on any atom is -0.444 e. The predicted octanol–water partition coefficient (Wildman–Crippen LogP) is 3.58. The zero-order chi connectivity index (χ0) is 16.3. The van der Waals surface area contributed by atoms with Crippen molar-refractivity contribution in [3.05, 3.63) is 11.6 Å². The fourth-order valence-corrected chi connectivity index (χ4v) is 3.59. The van der Waals surface area contributed by atoms with Crippen molar-refractivity contribution in [2.75, 3.05) is 19.6 Å². The van der Waals surface area contributed by atoms with E-state index in [0.717, 1.165) is 32.0 Å². The Morgan fingerprint density at radius 2 is 2.18 bits per heavy atom. The molecule has 1 aliphatic carbocycles. The highest BCUT2D eigenvalue weighted by Crippen LogP contribution is 2.27. The molecule has 0 spiro atoms. The van der Waals surface area contributed by atoms with Crippen LogP contribution in [0, 0.1) is 11.8 Å². The van der Waals surface area contributed by atoms with Crippen LogP contribution in [-0.2, 0) is 4.74 Å². The number of rotatable bonds is 3. The molecule has 3 atom stereocenters. The number of hydrogen-bond donors (Lipinski definition) is 1. The lowest BCUT2D eigenvalue weighted by molar-refractivity contribution is 0.0291. The fraction of sp³-hybridized carbons (Fsp3) is 0.833. The Morgan fingerprint density at radius 1 is 1.45 bits per heavy atom. The lowest BCUT2D eigenvalue weighted by atomic mass is 9.83. The molecule has 1 fully saturated rings. The molecular formula is C18H32N2O2. The standard InChI is InChI=1S/C18H32N2O2/c1-13-8-14(2)10-15(9-13)11-19-16-6-7-20(12-16)17(21)22-18(3,4)5/h8,13,15-16,19H,6-7,9-12H2,1-5H3. The minimum atomic E-state index is -0.412. The van der Waals surface area contributed by atoms with Gasteiger partial charge in [-0.15, -0.1) is 0 Å². The molecule has 1 N–H and O–H groups in total. The van der Waals surface area contributed by atoms with Gasteiger partial charge in [0.1, 0.15) is 5.60 Å². The molecule has 1 heterocycles. The number of amides is 1. The molecule has 22 heavy (non-hydrogen) atoms. The van der Waals surface area contributed by atoms with Crippen LogP contribution in [0.3, 0.4) is 0 Å². The van der Waals surface area contributed by atoms with Gasteiger partial charge in [-0.2, -0.15) is 0 Å². The fourth-order valence-electron chi connectivity index (χ4n) is 3.59. The normalized spacial score (nSPS) is 29.4. The van der Waals surface area contributed by atoms with Crippen LogP contribution in [0.1, 0.15) is 53.9 Å².